The van der Waals surface area contributed by atoms with Gasteiger partial charge in [-0.2, -0.15) is 0 Å². The summed E-state index contributed by atoms with van der Waals surface area (Å²) in [5.74, 6) is -0.985. The Balaban J connectivity index is 2.73. The van der Waals surface area contributed by atoms with Crippen molar-refractivity contribution in [3.8, 4) is 0 Å². The van der Waals surface area contributed by atoms with Gasteiger partial charge in [-0.15, -0.1) is 0 Å². The highest BCUT2D eigenvalue weighted by atomic mass is 16.6. The van der Waals surface area contributed by atoms with E-state index in [0.29, 0.717) is 13.0 Å². The number of ether oxygens (including phenoxy) is 1. The highest BCUT2D eigenvalue weighted by Crippen LogP contribution is 2.34. The fourth-order valence-corrected chi connectivity index (χ4v) is 1.90. The second-order valence-electron chi connectivity index (χ2n) is 4.72. The lowest BCUT2D eigenvalue weighted by atomic mass is 9.91. The maximum absolute atomic E-state index is 11.6. The quantitative estimate of drug-likeness (QED) is 0.742. The molecule has 1 aliphatic rings. The number of likely N-dealkylation sites (tertiary alicyclic amines) is 1. The number of aliphatic carboxylic acids is 1. The second kappa shape index (κ2) is 4.55. The predicted molar refractivity (Wildman–Crippen MR) is 58.1 cm³/mol. The van der Waals surface area contributed by atoms with Crippen LogP contribution in [0.3, 0.4) is 0 Å². The highest BCUT2D eigenvalue weighted by molar-refractivity contribution is 5.81. The van der Waals surface area contributed by atoms with Crippen LogP contribution in [0.4, 0.5) is 4.79 Å². The van der Waals surface area contributed by atoms with Gasteiger partial charge in [0.25, 0.3) is 0 Å². The minimum Gasteiger partial charge on any atom is -0.480 e. The summed E-state index contributed by atoms with van der Waals surface area (Å²) in [4.78, 5) is 23.9. The van der Waals surface area contributed by atoms with Crippen LogP contribution >= 0.6 is 0 Å². The minimum atomic E-state index is -0.985. The summed E-state index contributed by atoms with van der Waals surface area (Å²) in [6, 6.07) is -0.785. The topological polar surface area (TPSA) is 66.8 Å². The molecule has 1 heterocycles. The van der Waals surface area contributed by atoms with Crippen molar-refractivity contribution in [1.82, 2.24) is 4.90 Å². The van der Waals surface area contributed by atoms with Gasteiger partial charge in [-0.3, -0.25) is 4.90 Å². The zero-order chi connectivity index (χ0) is 12.3. The first kappa shape index (κ1) is 12.5. The average Bonchev–Trinajstić information content (AvgIpc) is 2.51. The molecule has 0 saturated carbocycles. The molecule has 0 spiro atoms. The van der Waals surface area contributed by atoms with Crippen LogP contribution in [0, 0.1) is 5.41 Å². The molecule has 1 atom stereocenters. The number of carbonyl (C=O) groups excluding carboxylic acids is 1. The SMILES string of the molecule is C=CCOC(=O)N1CC(C)(C)CC1C(=O)O. The zero-order valence-electron chi connectivity index (χ0n) is 9.60. The van der Waals surface area contributed by atoms with Gasteiger partial charge in [-0.1, -0.05) is 26.5 Å². The van der Waals surface area contributed by atoms with Gasteiger partial charge >= 0.3 is 12.1 Å². The van der Waals surface area contributed by atoms with Crippen molar-refractivity contribution in [3.63, 3.8) is 0 Å². The van der Waals surface area contributed by atoms with Crippen molar-refractivity contribution in [2.45, 2.75) is 26.3 Å². The Morgan fingerprint density at radius 1 is 1.62 bits per heavy atom. The fraction of sp³-hybridized carbons (Fsp3) is 0.636. The van der Waals surface area contributed by atoms with E-state index >= 15 is 0 Å². The first-order chi connectivity index (χ1) is 7.37. The number of carbonyl (C=O) groups is 2. The van der Waals surface area contributed by atoms with Crippen molar-refractivity contribution in [2.24, 2.45) is 5.41 Å². The lowest BCUT2D eigenvalue weighted by Crippen LogP contribution is -2.41. The number of amides is 1. The lowest BCUT2D eigenvalue weighted by molar-refractivity contribution is -0.141. The molecule has 0 aromatic heterocycles. The van der Waals surface area contributed by atoms with Crippen LogP contribution in [0.2, 0.25) is 0 Å². The van der Waals surface area contributed by atoms with E-state index < -0.39 is 18.1 Å². The van der Waals surface area contributed by atoms with E-state index in [1.165, 1.54) is 11.0 Å². The van der Waals surface area contributed by atoms with Crippen LogP contribution < -0.4 is 0 Å². The van der Waals surface area contributed by atoms with Gasteiger partial charge in [-0.05, 0) is 11.8 Å². The highest BCUT2D eigenvalue weighted by Gasteiger charge is 2.44. The summed E-state index contributed by atoms with van der Waals surface area (Å²) in [5.41, 5.74) is -0.184. The maximum atomic E-state index is 11.6. The molecule has 1 rings (SSSR count). The van der Waals surface area contributed by atoms with Crippen LogP contribution in [-0.4, -0.2) is 41.3 Å². The van der Waals surface area contributed by atoms with Crippen LogP contribution in [-0.2, 0) is 9.53 Å². The molecule has 1 aliphatic heterocycles. The molecule has 16 heavy (non-hydrogen) atoms. The molecular weight excluding hydrogens is 210 g/mol. The standard InChI is InChI=1S/C11H17NO4/c1-4-5-16-10(15)12-7-11(2,3)6-8(12)9(13)14/h4,8H,1,5-7H2,2-3H3,(H,13,14). The Kier molecular flexibility index (Phi) is 3.57. The molecule has 0 radical (unpaired) electrons. The fourth-order valence-electron chi connectivity index (χ4n) is 1.90. The molecular formula is C11H17NO4. The maximum Gasteiger partial charge on any atom is 0.410 e. The number of carboxylic acids is 1. The Bertz CT molecular complexity index is 311. The van der Waals surface area contributed by atoms with E-state index in [1.54, 1.807) is 0 Å². The summed E-state index contributed by atoms with van der Waals surface area (Å²) in [7, 11) is 0. The smallest absolute Gasteiger partial charge is 0.410 e. The van der Waals surface area contributed by atoms with Gasteiger partial charge in [0, 0.05) is 6.54 Å². The van der Waals surface area contributed by atoms with Crippen molar-refractivity contribution in [2.75, 3.05) is 13.2 Å². The predicted octanol–water partition coefficient (Wildman–Crippen LogP) is 1.49. The van der Waals surface area contributed by atoms with Crippen LogP contribution in [0.1, 0.15) is 20.3 Å². The normalized spacial score (nSPS) is 22.9. The first-order valence-electron chi connectivity index (χ1n) is 5.14. The van der Waals surface area contributed by atoms with Gasteiger partial charge in [0.05, 0.1) is 0 Å². The zero-order valence-corrected chi connectivity index (χ0v) is 9.60. The Labute approximate surface area is 94.7 Å². The molecule has 0 bridgehead atoms. The number of carboxylic acid groups (broad SMARTS) is 1. The van der Waals surface area contributed by atoms with Crippen molar-refractivity contribution in [3.05, 3.63) is 12.7 Å². The summed E-state index contributed by atoms with van der Waals surface area (Å²) in [6.45, 7) is 7.80. The molecule has 5 nitrogen and oxygen atoms in total. The first-order valence-corrected chi connectivity index (χ1v) is 5.14. The average molecular weight is 227 g/mol. The molecule has 1 amide bonds. The molecule has 0 aromatic rings. The third-order valence-corrected chi connectivity index (χ3v) is 2.56. The van der Waals surface area contributed by atoms with Gasteiger partial charge in [0.15, 0.2) is 0 Å². The van der Waals surface area contributed by atoms with Crippen molar-refractivity contribution >= 4 is 12.1 Å². The van der Waals surface area contributed by atoms with Gasteiger partial charge in [-0.25, -0.2) is 9.59 Å². The van der Waals surface area contributed by atoms with E-state index in [4.69, 9.17) is 9.84 Å². The monoisotopic (exact) mass is 227 g/mol. The van der Waals surface area contributed by atoms with Crippen LogP contribution in [0.15, 0.2) is 12.7 Å². The Hall–Kier alpha value is -1.52. The summed E-state index contributed by atoms with van der Waals surface area (Å²) < 4.78 is 4.85. The Morgan fingerprint density at radius 2 is 2.25 bits per heavy atom. The van der Waals surface area contributed by atoms with E-state index in [9.17, 15) is 9.59 Å². The van der Waals surface area contributed by atoms with Gasteiger partial charge in [0.2, 0.25) is 0 Å². The minimum absolute atomic E-state index is 0.0993. The molecule has 5 heteroatoms. The van der Waals surface area contributed by atoms with E-state index in [-0.39, 0.29) is 12.0 Å². The summed E-state index contributed by atoms with van der Waals surface area (Å²) >= 11 is 0. The number of rotatable bonds is 3. The molecule has 0 aliphatic carbocycles. The molecule has 1 saturated heterocycles. The van der Waals surface area contributed by atoms with Gasteiger partial charge in [0.1, 0.15) is 12.6 Å². The van der Waals surface area contributed by atoms with E-state index in [1.807, 2.05) is 13.8 Å². The second-order valence-corrected chi connectivity index (χ2v) is 4.72. The van der Waals surface area contributed by atoms with Gasteiger partial charge < -0.3 is 9.84 Å². The van der Waals surface area contributed by atoms with Crippen LogP contribution in [0.5, 0.6) is 0 Å². The molecule has 0 aromatic carbocycles. The van der Waals surface area contributed by atoms with Crippen LogP contribution in [0.25, 0.3) is 0 Å². The van der Waals surface area contributed by atoms with Crippen molar-refractivity contribution in [1.29, 1.82) is 0 Å². The van der Waals surface area contributed by atoms with E-state index in [0.717, 1.165) is 0 Å². The van der Waals surface area contributed by atoms with Crippen molar-refractivity contribution < 1.29 is 19.4 Å². The number of hydrogen-bond donors (Lipinski definition) is 1. The largest absolute Gasteiger partial charge is 0.480 e. The summed E-state index contributed by atoms with van der Waals surface area (Å²) in [5, 5.41) is 9.02. The Morgan fingerprint density at radius 3 is 2.75 bits per heavy atom. The third-order valence-electron chi connectivity index (χ3n) is 2.56. The van der Waals surface area contributed by atoms with E-state index in [2.05, 4.69) is 6.58 Å². The molecule has 1 fully saturated rings. The number of hydrogen-bond acceptors (Lipinski definition) is 3. The third kappa shape index (κ3) is 2.74. The lowest BCUT2D eigenvalue weighted by Gasteiger charge is -2.21. The molecule has 1 N–H and O–H groups in total. The number of nitrogens with zero attached hydrogens (tertiary/aromatic N) is 1. The summed E-state index contributed by atoms with van der Waals surface area (Å²) in [6.07, 6.45) is 1.32. The molecule has 1 unspecified atom stereocenters. The molecule has 90 valence electrons.